The summed E-state index contributed by atoms with van der Waals surface area (Å²) >= 11 is 5.76. The van der Waals surface area contributed by atoms with Gasteiger partial charge in [0.25, 0.3) is 5.91 Å². The number of ether oxygens (including phenoxy) is 1. The van der Waals surface area contributed by atoms with Gasteiger partial charge in [-0.25, -0.2) is 4.79 Å². The van der Waals surface area contributed by atoms with Crippen LogP contribution in [0.25, 0.3) is 0 Å². The average molecular weight is 285 g/mol. The van der Waals surface area contributed by atoms with Crippen molar-refractivity contribution >= 4 is 29.2 Å². The summed E-state index contributed by atoms with van der Waals surface area (Å²) in [6, 6.07) is 4.55. The van der Waals surface area contributed by atoms with Crippen LogP contribution in [0.3, 0.4) is 0 Å². The van der Waals surface area contributed by atoms with Gasteiger partial charge in [0.05, 0.1) is 12.2 Å². The Labute approximate surface area is 117 Å². The second kappa shape index (κ2) is 5.93. The summed E-state index contributed by atoms with van der Waals surface area (Å²) in [5, 5.41) is 3.02. The lowest BCUT2D eigenvalue weighted by Crippen LogP contribution is -2.50. The first-order valence-electron chi connectivity index (χ1n) is 5.82. The van der Waals surface area contributed by atoms with E-state index >= 15 is 0 Å². The largest absolute Gasteiger partial charge is 0.464 e. The van der Waals surface area contributed by atoms with Crippen LogP contribution in [0, 0.1) is 0 Å². The topological polar surface area (TPSA) is 81.4 Å². The predicted molar refractivity (Wildman–Crippen MR) is 74.0 cm³/mol. The standard InChI is InChI=1S/C13H17ClN2O3/c1-4-19-12(18)13(2,3)16-11(17)9-6-5-8(14)7-10(9)15/h5-7H,4,15H2,1-3H3,(H,16,17). The second-order valence-electron chi connectivity index (χ2n) is 4.53. The van der Waals surface area contributed by atoms with Crippen LogP contribution < -0.4 is 11.1 Å². The van der Waals surface area contributed by atoms with Crippen LogP contribution in [-0.4, -0.2) is 24.0 Å². The molecule has 1 amide bonds. The van der Waals surface area contributed by atoms with Crippen LogP contribution >= 0.6 is 11.6 Å². The summed E-state index contributed by atoms with van der Waals surface area (Å²) in [5.41, 5.74) is 5.11. The van der Waals surface area contributed by atoms with Crippen LogP contribution in [0.1, 0.15) is 31.1 Å². The Balaban J connectivity index is 2.87. The number of hydrogen-bond acceptors (Lipinski definition) is 4. The molecule has 104 valence electrons. The summed E-state index contributed by atoms with van der Waals surface area (Å²) in [7, 11) is 0. The van der Waals surface area contributed by atoms with Crippen LogP contribution in [0.15, 0.2) is 18.2 Å². The number of carbonyl (C=O) groups is 2. The molecule has 0 spiro atoms. The molecule has 1 rings (SSSR count). The van der Waals surface area contributed by atoms with E-state index < -0.39 is 17.4 Å². The number of nitrogen functional groups attached to an aromatic ring is 1. The van der Waals surface area contributed by atoms with Crippen molar-refractivity contribution in [1.82, 2.24) is 5.32 Å². The van der Waals surface area contributed by atoms with Crippen molar-refractivity contribution in [2.75, 3.05) is 12.3 Å². The minimum Gasteiger partial charge on any atom is -0.464 e. The van der Waals surface area contributed by atoms with Crippen molar-refractivity contribution in [3.63, 3.8) is 0 Å². The number of halogens is 1. The molecular weight excluding hydrogens is 268 g/mol. The van der Waals surface area contributed by atoms with Gasteiger partial charge < -0.3 is 15.8 Å². The minimum absolute atomic E-state index is 0.251. The van der Waals surface area contributed by atoms with E-state index in [2.05, 4.69) is 5.32 Å². The Kier molecular flexibility index (Phi) is 4.78. The Morgan fingerprint density at radius 2 is 2.05 bits per heavy atom. The van der Waals surface area contributed by atoms with E-state index in [0.717, 1.165) is 0 Å². The summed E-state index contributed by atoms with van der Waals surface area (Å²) < 4.78 is 4.89. The second-order valence-corrected chi connectivity index (χ2v) is 4.97. The SMILES string of the molecule is CCOC(=O)C(C)(C)NC(=O)c1ccc(Cl)cc1N. The van der Waals surface area contributed by atoms with Crippen molar-refractivity contribution in [3.8, 4) is 0 Å². The third-order valence-corrected chi connectivity index (χ3v) is 2.71. The number of esters is 1. The number of benzene rings is 1. The van der Waals surface area contributed by atoms with E-state index in [4.69, 9.17) is 22.1 Å². The predicted octanol–water partition coefficient (Wildman–Crippen LogP) is 1.99. The fraction of sp³-hybridized carbons (Fsp3) is 0.385. The summed E-state index contributed by atoms with van der Waals surface area (Å²) in [4.78, 5) is 23.7. The molecular formula is C13H17ClN2O3. The van der Waals surface area contributed by atoms with Crippen molar-refractivity contribution in [3.05, 3.63) is 28.8 Å². The molecule has 1 aromatic carbocycles. The Hall–Kier alpha value is -1.75. The number of hydrogen-bond donors (Lipinski definition) is 2. The Morgan fingerprint density at radius 3 is 2.58 bits per heavy atom. The van der Waals surface area contributed by atoms with Crippen LogP contribution in [0.2, 0.25) is 5.02 Å². The molecule has 6 heteroatoms. The van der Waals surface area contributed by atoms with Gasteiger partial charge >= 0.3 is 5.97 Å². The minimum atomic E-state index is -1.13. The lowest BCUT2D eigenvalue weighted by molar-refractivity contribution is -0.149. The maximum absolute atomic E-state index is 12.1. The maximum atomic E-state index is 12.1. The fourth-order valence-electron chi connectivity index (χ4n) is 1.45. The van der Waals surface area contributed by atoms with Crippen LogP contribution in [-0.2, 0) is 9.53 Å². The highest BCUT2D eigenvalue weighted by atomic mass is 35.5. The first-order chi connectivity index (χ1) is 8.77. The number of rotatable bonds is 4. The van der Waals surface area contributed by atoms with Crippen LogP contribution in [0.5, 0.6) is 0 Å². The lowest BCUT2D eigenvalue weighted by Gasteiger charge is -2.24. The first-order valence-corrected chi connectivity index (χ1v) is 6.20. The molecule has 0 saturated carbocycles. The number of carbonyl (C=O) groups excluding carboxylic acids is 2. The molecule has 0 aliphatic heterocycles. The molecule has 0 atom stereocenters. The fourth-order valence-corrected chi connectivity index (χ4v) is 1.63. The quantitative estimate of drug-likeness (QED) is 0.654. The molecule has 0 aromatic heterocycles. The number of nitrogens with one attached hydrogen (secondary N) is 1. The molecule has 3 N–H and O–H groups in total. The average Bonchev–Trinajstić information content (AvgIpc) is 2.28. The van der Waals surface area contributed by atoms with E-state index in [9.17, 15) is 9.59 Å². The molecule has 19 heavy (non-hydrogen) atoms. The van der Waals surface area contributed by atoms with Gasteiger partial charge in [0.1, 0.15) is 5.54 Å². The monoisotopic (exact) mass is 284 g/mol. The van der Waals surface area contributed by atoms with Gasteiger partial charge in [-0.15, -0.1) is 0 Å². The number of amides is 1. The molecule has 1 aromatic rings. The van der Waals surface area contributed by atoms with E-state index in [1.165, 1.54) is 12.1 Å². The molecule has 5 nitrogen and oxygen atoms in total. The van der Waals surface area contributed by atoms with Gasteiger partial charge in [0.2, 0.25) is 0 Å². The van der Waals surface area contributed by atoms with Crippen LogP contribution in [0.4, 0.5) is 5.69 Å². The van der Waals surface area contributed by atoms with E-state index in [0.29, 0.717) is 5.02 Å². The highest BCUT2D eigenvalue weighted by Crippen LogP contribution is 2.19. The zero-order valence-electron chi connectivity index (χ0n) is 11.1. The van der Waals surface area contributed by atoms with Crippen molar-refractivity contribution in [2.45, 2.75) is 26.3 Å². The van der Waals surface area contributed by atoms with Gasteiger partial charge in [-0.1, -0.05) is 11.6 Å². The third kappa shape index (κ3) is 3.86. The zero-order valence-corrected chi connectivity index (χ0v) is 11.9. The van der Waals surface area contributed by atoms with Crippen molar-refractivity contribution in [1.29, 1.82) is 0 Å². The maximum Gasteiger partial charge on any atom is 0.331 e. The van der Waals surface area contributed by atoms with Gasteiger partial charge in [-0.2, -0.15) is 0 Å². The molecule has 0 aliphatic carbocycles. The zero-order chi connectivity index (χ0) is 14.6. The summed E-state index contributed by atoms with van der Waals surface area (Å²) in [6.45, 7) is 5.08. The third-order valence-electron chi connectivity index (χ3n) is 2.47. The lowest BCUT2D eigenvalue weighted by atomic mass is 10.0. The normalized spacial score (nSPS) is 10.9. The van der Waals surface area contributed by atoms with Gasteiger partial charge in [0, 0.05) is 10.7 Å². The molecule has 0 saturated heterocycles. The number of anilines is 1. The number of nitrogens with two attached hydrogens (primary N) is 1. The van der Waals surface area contributed by atoms with Gasteiger partial charge in [-0.3, -0.25) is 4.79 Å². The molecule has 0 radical (unpaired) electrons. The summed E-state index contributed by atoms with van der Waals surface area (Å²) in [5.74, 6) is -0.955. The smallest absolute Gasteiger partial charge is 0.331 e. The van der Waals surface area contributed by atoms with Gasteiger partial charge in [-0.05, 0) is 39.0 Å². The molecule has 0 aliphatic rings. The van der Waals surface area contributed by atoms with E-state index in [-0.39, 0.29) is 17.9 Å². The Bertz CT molecular complexity index is 501. The highest BCUT2D eigenvalue weighted by Gasteiger charge is 2.31. The van der Waals surface area contributed by atoms with E-state index in [1.807, 2.05) is 0 Å². The summed E-state index contributed by atoms with van der Waals surface area (Å²) in [6.07, 6.45) is 0. The Morgan fingerprint density at radius 1 is 1.42 bits per heavy atom. The molecule has 0 heterocycles. The first kappa shape index (κ1) is 15.3. The van der Waals surface area contributed by atoms with Crippen molar-refractivity contribution in [2.24, 2.45) is 0 Å². The van der Waals surface area contributed by atoms with Crippen molar-refractivity contribution < 1.29 is 14.3 Å². The molecule has 0 unspecified atom stereocenters. The molecule has 0 bridgehead atoms. The molecule has 0 fully saturated rings. The highest BCUT2D eigenvalue weighted by molar-refractivity contribution is 6.31. The van der Waals surface area contributed by atoms with E-state index in [1.54, 1.807) is 26.8 Å². The van der Waals surface area contributed by atoms with Gasteiger partial charge in [0.15, 0.2) is 0 Å².